The number of nitrogens with one attached hydrogen (secondary N) is 2. The highest BCUT2D eigenvalue weighted by Gasteiger charge is 2.25. The first kappa shape index (κ1) is 25.1. The molecule has 170 valence electrons. The van der Waals surface area contributed by atoms with Crippen molar-refractivity contribution in [3.05, 3.63) is 40.1 Å². The van der Waals surface area contributed by atoms with E-state index in [9.17, 15) is 18.0 Å². The van der Waals surface area contributed by atoms with Crippen molar-refractivity contribution in [1.29, 1.82) is 0 Å². The summed E-state index contributed by atoms with van der Waals surface area (Å²) < 4.78 is 37.3. The summed E-state index contributed by atoms with van der Waals surface area (Å²) in [5, 5.41) is 6.12. The second kappa shape index (κ2) is 11.5. The van der Waals surface area contributed by atoms with Gasteiger partial charge in [0.25, 0.3) is 5.91 Å². The minimum Gasteiger partial charge on any atom is -0.452 e. The number of amides is 1. The lowest BCUT2D eigenvalue weighted by Gasteiger charge is -2.17. The number of ether oxygens (including phenoxy) is 1. The van der Waals surface area contributed by atoms with Gasteiger partial charge in [-0.2, -0.15) is 0 Å². The van der Waals surface area contributed by atoms with E-state index in [0.717, 1.165) is 6.42 Å². The zero-order valence-electron chi connectivity index (χ0n) is 17.0. The summed E-state index contributed by atoms with van der Waals surface area (Å²) in [7, 11) is -4.03. The fraction of sp³-hybridized carbons (Fsp3) is 0.421. The first-order valence-electron chi connectivity index (χ1n) is 9.51. The van der Waals surface area contributed by atoms with E-state index < -0.39 is 28.0 Å². The van der Waals surface area contributed by atoms with Gasteiger partial charge in [0.15, 0.2) is 11.9 Å². The number of benzene rings is 1. The molecule has 0 saturated heterocycles. The fourth-order valence-corrected chi connectivity index (χ4v) is 4.75. The van der Waals surface area contributed by atoms with Crippen LogP contribution < -0.4 is 10.0 Å². The van der Waals surface area contributed by atoms with Crippen molar-refractivity contribution in [2.75, 3.05) is 11.9 Å². The maximum Gasteiger partial charge on any atom is 0.307 e. The van der Waals surface area contributed by atoms with Gasteiger partial charge in [-0.25, -0.2) is 13.1 Å². The molecule has 1 atom stereocenters. The number of aryl methyl sites for hydroxylation is 1. The molecule has 2 rings (SSSR count). The molecular formula is C19H23Cl2N3O6S. The highest BCUT2D eigenvalue weighted by atomic mass is 35.5. The number of aromatic nitrogens is 1. The van der Waals surface area contributed by atoms with Crippen molar-refractivity contribution in [1.82, 2.24) is 9.88 Å². The molecular weight excluding hydrogens is 469 g/mol. The molecule has 0 aliphatic rings. The SMILES string of the molecule is CCCCC(OC(=O)CCNS(=O)(=O)c1c(Cl)cccc1Cl)C(=O)Nc1cc(C)on1. The molecule has 0 fully saturated rings. The van der Waals surface area contributed by atoms with Gasteiger partial charge in [-0.1, -0.05) is 47.8 Å². The molecule has 0 aliphatic carbocycles. The smallest absolute Gasteiger partial charge is 0.307 e. The van der Waals surface area contributed by atoms with Crippen molar-refractivity contribution in [3.8, 4) is 0 Å². The Hall–Kier alpha value is -2.14. The topological polar surface area (TPSA) is 128 Å². The molecule has 1 aromatic heterocycles. The second-order valence-corrected chi connectivity index (χ2v) is 9.15. The highest BCUT2D eigenvalue weighted by molar-refractivity contribution is 7.89. The van der Waals surface area contributed by atoms with Crippen LogP contribution in [0, 0.1) is 6.92 Å². The van der Waals surface area contributed by atoms with Crippen molar-refractivity contribution >= 4 is 50.9 Å². The van der Waals surface area contributed by atoms with E-state index in [1.54, 1.807) is 6.92 Å². The third-order valence-electron chi connectivity index (χ3n) is 4.07. The van der Waals surface area contributed by atoms with Crippen LogP contribution in [0.15, 0.2) is 33.7 Å². The number of anilines is 1. The van der Waals surface area contributed by atoms with E-state index >= 15 is 0 Å². The number of carbonyl (C=O) groups excluding carboxylic acids is 2. The predicted molar refractivity (Wildman–Crippen MR) is 116 cm³/mol. The van der Waals surface area contributed by atoms with Crippen LogP contribution in [-0.4, -0.2) is 38.1 Å². The molecule has 0 aliphatic heterocycles. The zero-order valence-corrected chi connectivity index (χ0v) is 19.3. The molecule has 9 nitrogen and oxygen atoms in total. The Morgan fingerprint density at radius 3 is 2.52 bits per heavy atom. The van der Waals surface area contributed by atoms with Gasteiger partial charge in [-0.3, -0.25) is 9.59 Å². The van der Waals surface area contributed by atoms with Crippen molar-refractivity contribution in [2.45, 2.75) is 50.5 Å². The second-order valence-electron chi connectivity index (χ2n) is 6.63. The zero-order chi connectivity index (χ0) is 23.0. The number of nitrogens with zero attached hydrogens (tertiary/aromatic N) is 1. The quantitative estimate of drug-likeness (QED) is 0.458. The normalized spacial score (nSPS) is 12.4. The molecule has 1 aromatic carbocycles. The maximum absolute atomic E-state index is 12.4. The Morgan fingerprint density at radius 2 is 1.94 bits per heavy atom. The van der Waals surface area contributed by atoms with Crippen LogP contribution in [0.3, 0.4) is 0 Å². The lowest BCUT2D eigenvalue weighted by Crippen LogP contribution is -2.34. The van der Waals surface area contributed by atoms with Crippen molar-refractivity contribution in [2.24, 2.45) is 0 Å². The number of unbranched alkanes of at least 4 members (excludes halogenated alkanes) is 1. The van der Waals surface area contributed by atoms with E-state index in [4.69, 9.17) is 32.5 Å². The molecule has 0 saturated carbocycles. The molecule has 0 radical (unpaired) electrons. The number of halogens is 2. The summed E-state index contributed by atoms with van der Waals surface area (Å²) in [5.41, 5.74) is 0. The summed E-state index contributed by atoms with van der Waals surface area (Å²) in [6.45, 7) is 3.35. The maximum atomic E-state index is 12.4. The molecule has 2 aromatic rings. The molecule has 1 heterocycles. The fourth-order valence-electron chi connectivity index (χ4n) is 2.58. The van der Waals surface area contributed by atoms with Crippen LogP contribution in [0.5, 0.6) is 0 Å². The van der Waals surface area contributed by atoms with Crippen LogP contribution in [0.4, 0.5) is 5.82 Å². The summed E-state index contributed by atoms with van der Waals surface area (Å²) in [5.74, 6) is -0.549. The van der Waals surface area contributed by atoms with Gasteiger partial charge < -0.3 is 14.6 Å². The predicted octanol–water partition coefficient (Wildman–Crippen LogP) is 3.70. The Kier molecular flexibility index (Phi) is 9.30. The standard InChI is InChI=1S/C19H23Cl2N3O6S/c1-3-4-8-15(19(26)23-16-11-12(2)30-24-16)29-17(25)9-10-22-31(27,28)18-13(20)6-5-7-14(18)21/h5-7,11,15,22H,3-4,8-10H2,1-2H3,(H,23,24,26). The average molecular weight is 492 g/mol. The molecule has 1 unspecified atom stereocenters. The third-order valence-corrected chi connectivity index (χ3v) is 6.49. The Labute approximate surface area is 190 Å². The van der Waals surface area contributed by atoms with E-state index in [2.05, 4.69) is 15.2 Å². The van der Waals surface area contributed by atoms with Gasteiger partial charge in [-0.15, -0.1) is 0 Å². The van der Waals surface area contributed by atoms with Gasteiger partial charge >= 0.3 is 5.97 Å². The van der Waals surface area contributed by atoms with Crippen LogP contribution >= 0.6 is 23.2 Å². The number of rotatable bonds is 11. The van der Waals surface area contributed by atoms with Gasteiger partial charge in [0.1, 0.15) is 10.7 Å². The van der Waals surface area contributed by atoms with Crippen molar-refractivity contribution in [3.63, 3.8) is 0 Å². The van der Waals surface area contributed by atoms with Crippen LogP contribution in [0.2, 0.25) is 10.0 Å². The number of sulfonamides is 1. The Balaban J connectivity index is 1.93. The number of esters is 1. The van der Waals surface area contributed by atoms with E-state index in [-0.39, 0.29) is 33.7 Å². The minimum atomic E-state index is -4.03. The lowest BCUT2D eigenvalue weighted by atomic mass is 10.1. The number of hydrogen-bond acceptors (Lipinski definition) is 7. The van der Waals surface area contributed by atoms with E-state index in [1.807, 2.05) is 6.92 Å². The van der Waals surface area contributed by atoms with Crippen LogP contribution in [0.25, 0.3) is 0 Å². The Bertz CT molecular complexity index is 1010. The molecule has 0 bridgehead atoms. The Morgan fingerprint density at radius 1 is 1.26 bits per heavy atom. The third kappa shape index (κ3) is 7.49. The van der Waals surface area contributed by atoms with Crippen molar-refractivity contribution < 1.29 is 27.3 Å². The van der Waals surface area contributed by atoms with Gasteiger partial charge in [-0.05, 0) is 31.9 Å². The summed E-state index contributed by atoms with van der Waals surface area (Å²) in [6.07, 6.45) is 0.426. The molecule has 1 amide bonds. The van der Waals surface area contributed by atoms with E-state index in [1.165, 1.54) is 24.3 Å². The van der Waals surface area contributed by atoms with Gasteiger partial charge in [0.05, 0.1) is 16.5 Å². The van der Waals surface area contributed by atoms with Crippen LogP contribution in [0.1, 0.15) is 38.4 Å². The number of carbonyl (C=O) groups is 2. The highest BCUT2D eigenvalue weighted by Crippen LogP contribution is 2.28. The summed E-state index contributed by atoms with van der Waals surface area (Å²) >= 11 is 11.8. The summed E-state index contributed by atoms with van der Waals surface area (Å²) in [6, 6.07) is 5.83. The van der Waals surface area contributed by atoms with E-state index in [0.29, 0.717) is 18.6 Å². The van der Waals surface area contributed by atoms with Gasteiger partial charge in [0, 0.05) is 12.6 Å². The first-order valence-corrected chi connectivity index (χ1v) is 11.7. The number of hydrogen-bond donors (Lipinski definition) is 2. The summed E-state index contributed by atoms with van der Waals surface area (Å²) in [4.78, 5) is 24.4. The largest absolute Gasteiger partial charge is 0.452 e. The monoisotopic (exact) mass is 491 g/mol. The van der Waals surface area contributed by atoms with Crippen LogP contribution in [-0.2, 0) is 24.3 Å². The lowest BCUT2D eigenvalue weighted by molar-refractivity contribution is -0.154. The van der Waals surface area contributed by atoms with Gasteiger partial charge in [0.2, 0.25) is 10.0 Å². The first-order chi connectivity index (χ1) is 14.6. The minimum absolute atomic E-state index is 0.0398. The molecule has 12 heteroatoms. The molecule has 0 spiro atoms. The average Bonchev–Trinajstić information content (AvgIpc) is 3.09. The molecule has 31 heavy (non-hydrogen) atoms. The molecule has 2 N–H and O–H groups in total.